The highest BCUT2D eigenvalue weighted by molar-refractivity contribution is 7.89. The summed E-state index contributed by atoms with van der Waals surface area (Å²) in [6.45, 7) is 2.72. The van der Waals surface area contributed by atoms with Crippen molar-refractivity contribution in [1.82, 2.24) is 10.0 Å². The van der Waals surface area contributed by atoms with Gasteiger partial charge in [-0.25, -0.2) is 17.9 Å². The fourth-order valence-electron chi connectivity index (χ4n) is 1.66. The highest BCUT2D eigenvalue weighted by Crippen LogP contribution is 2.22. The van der Waals surface area contributed by atoms with E-state index >= 15 is 0 Å². The number of carbonyl (C=O) groups is 2. The van der Waals surface area contributed by atoms with E-state index in [1.807, 2.05) is 0 Å². The highest BCUT2D eigenvalue weighted by atomic mass is 35.5. The molecule has 10 heteroatoms. The van der Waals surface area contributed by atoms with Crippen LogP contribution in [0.25, 0.3) is 0 Å². The van der Waals surface area contributed by atoms with E-state index in [-0.39, 0.29) is 22.0 Å². The Kier molecular flexibility index (Phi) is 7.36. The number of sulfonamides is 1. The molecule has 0 spiro atoms. The number of benzene rings is 1. The number of aliphatic hydroxyl groups is 1. The second-order valence-electron chi connectivity index (χ2n) is 4.52. The summed E-state index contributed by atoms with van der Waals surface area (Å²) in [5.41, 5.74) is -0.0549. The van der Waals surface area contributed by atoms with Gasteiger partial charge >= 0.3 is 5.97 Å². The molecule has 1 atom stereocenters. The van der Waals surface area contributed by atoms with E-state index in [0.717, 1.165) is 13.2 Å². The summed E-state index contributed by atoms with van der Waals surface area (Å²) in [6.07, 6.45) is 1.35. The molecule has 0 aromatic heterocycles. The predicted octanol–water partition coefficient (Wildman–Crippen LogP) is 0.0680. The summed E-state index contributed by atoms with van der Waals surface area (Å²) in [4.78, 5) is 23.2. The Morgan fingerprint density at radius 2 is 2.12 bits per heavy atom. The van der Waals surface area contributed by atoms with Crippen molar-refractivity contribution in [3.05, 3.63) is 41.4 Å². The van der Waals surface area contributed by atoms with Gasteiger partial charge in [0.15, 0.2) is 6.04 Å². The van der Waals surface area contributed by atoms with Crippen LogP contribution in [-0.2, 0) is 19.6 Å². The van der Waals surface area contributed by atoms with Crippen molar-refractivity contribution in [1.29, 1.82) is 0 Å². The molecule has 132 valence electrons. The molecule has 0 aliphatic heterocycles. The second-order valence-corrected chi connectivity index (χ2v) is 6.66. The Morgan fingerprint density at radius 1 is 1.46 bits per heavy atom. The number of amides is 1. The molecule has 24 heavy (non-hydrogen) atoms. The Balaban J connectivity index is 3.10. The standard InChI is InChI=1S/C14H17ClN2O6S/c1-3-6-16-24(21,22)12-7-9(4-5-10(12)15)13(19)17-11(8-18)14(20)23-2/h3-5,7,11,16,18H,1,6,8H2,2H3,(H,17,19)/t11-/m0/s1. The van der Waals surface area contributed by atoms with Gasteiger partial charge in [0.05, 0.1) is 18.7 Å². The second kappa shape index (κ2) is 8.78. The van der Waals surface area contributed by atoms with Crippen LogP contribution < -0.4 is 10.0 Å². The number of nitrogens with one attached hydrogen (secondary N) is 2. The highest BCUT2D eigenvalue weighted by Gasteiger charge is 2.23. The molecule has 0 saturated heterocycles. The molecular weight excluding hydrogens is 360 g/mol. The normalized spacial score (nSPS) is 12.3. The summed E-state index contributed by atoms with van der Waals surface area (Å²) < 4.78 is 30.9. The molecule has 1 rings (SSSR count). The Bertz CT molecular complexity index is 735. The lowest BCUT2D eigenvalue weighted by molar-refractivity contribution is -0.143. The molecule has 0 radical (unpaired) electrons. The van der Waals surface area contributed by atoms with E-state index < -0.39 is 34.5 Å². The van der Waals surface area contributed by atoms with E-state index in [4.69, 9.17) is 16.7 Å². The lowest BCUT2D eigenvalue weighted by Gasteiger charge is -2.14. The number of methoxy groups -OCH3 is 1. The molecule has 1 aromatic rings. The minimum atomic E-state index is -3.94. The van der Waals surface area contributed by atoms with Crippen molar-refractivity contribution in [2.75, 3.05) is 20.3 Å². The maximum Gasteiger partial charge on any atom is 0.330 e. The van der Waals surface area contributed by atoms with Crippen LogP contribution in [0.4, 0.5) is 0 Å². The van der Waals surface area contributed by atoms with Gasteiger partial charge in [-0.1, -0.05) is 17.7 Å². The molecule has 0 saturated carbocycles. The smallest absolute Gasteiger partial charge is 0.330 e. The van der Waals surface area contributed by atoms with Crippen LogP contribution in [0.2, 0.25) is 5.02 Å². The third-order valence-electron chi connectivity index (χ3n) is 2.87. The van der Waals surface area contributed by atoms with Gasteiger partial charge < -0.3 is 15.2 Å². The van der Waals surface area contributed by atoms with E-state index in [1.165, 1.54) is 18.2 Å². The number of aliphatic hydroxyl groups excluding tert-OH is 1. The molecule has 3 N–H and O–H groups in total. The topological polar surface area (TPSA) is 122 Å². The molecule has 0 fully saturated rings. The van der Waals surface area contributed by atoms with Crippen LogP contribution >= 0.6 is 11.6 Å². The van der Waals surface area contributed by atoms with Crippen molar-refractivity contribution in [2.45, 2.75) is 10.9 Å². The molecule has 0 bridgehead atoms. The zero-order valence-corrected chi connectivity index (χ0v) is 14.4. The Morgan fingerprint density at radius 3 is 2.67 bits per heavy atom. The number of hydrogen-bond donors (Lipinski definition) is 3. The van der Waals surface area contributed by atoms with Gasteiger partial charge in [-0.3, -0.25) is 4.79 Å². The van der Waals surface area contributed by atoms with E-state index in [2.05, 4.69) is 21.4 Å². The van der Waals surface area contributed by atoms with Crippen molar-refractivity contribution in [3.63, 3.8) is 0 Å². The minimum Gasteiger partial charge on any atom is -0.467 e. The summed E-state index contributed by atoms with van der Waals surface area (Å²) in [5.74, 6) is -1.60. The van der Waals surface area contributed by atoms with Gasteiger partial charge in [-0.15, -0.1) is 6.58 Å². The molecule has 1 amide bonds. The number of carbonyl (C=O) groups excluding carboxylic acids is 2. The van der Waals surface area contributed by atoms with Crippen LogP contribution in [0.15, 0.2) is 35.7 Å². The van der Waals surface area contributed by atoms with Crippen LogP contribution in [0, 0.1) is 0 Å². The van der Waals surface area contributed by atoms with Crippen molar-refractivity contribution in [3.8, 4) is 0 Å². The minimum absolute atomic E-state index is 0.00991. The fraction of sp³-hybridized carbons (Fsp3) is 0.286. The Labute approximate surface area is 144 Å². The van der Waals surface area contributed by atoms with E-state index in [0.29, 0.717) is 0 Å². The summed E-state index contributed by atoms with van der Waals surface area (Å²) >= 11 is 5.88. The van der Waals surface area contributed by atoms with Gasteiger partial charge in [-0.05, 0) is 18.2 Å². The number of esters is 1. The molecule has 0 unspecified atom stereocenters. The fourth-order valence-corrected chi connectivity index (χ4v) is 3.18. The third kappa shape index (κ3) is 5.03. The summed E-state index contributed by atoms with van der Waals surface area (Å²) in [5, 5.41) is 11.3. The van der Waals surface area contributed by atoms with Crippen molar-refractivity contribution in [2.24, 2.45) is 0 Å². The van der Waals surface area contributed by atoms with Crippen LogP contribution in [-0.4, -0.2) is 51.7 Å². The first-order chi connectivity index (χ1) is 11.3. The number of ether oxygens (including phenoxy) is 1. The average molecular weight is 377 g/mol. The van der Waals surface area contributed by atoms with Crippen molar-refractivity contribution < 1.29 is 27.9 Å². The predicted molar refractivity (Wildman–Crippen MR) is 87.2 cm³/mol. The Hall–Kier alpha value is -1.94. The maximum absolute atomic E-state index is 12.1. The molecule has 0 aliphatic rings. The summed E-state index contributed by atoms with van der Waals surface area (Å²) in [7, 11) is -2.83. The number of hydrogen-bond acceptors (Lipinski definition) is 6. The SMILES string of the molecule is C=CCNS(=O)(=O)c1cc(C(=O)N[C@@H](CO)C(=O)OC)ccc1Cl. The zero-order valence-electron chi connectivity index (χ0n) is 12.8. The average Bonchev–Trinajstić information content (AvgIpc) is 2.57. The molecule has 0 heterocycles. The van der Waals surface area contributed by atoms with Gasteiger partial charge in [-0.2, -0.15) is 0 Å². The first-order valence-corrected chi connectivity index (χ1v) is 8.52. The van der Waals surface area contributed by atoms with Gasteiger partial charge in [0, 0.05) is 12.1 Å². The van der Waals surface area contributed by atoms with E-state index in [1.54, 1.807) is 0 Å². The monoisotopic (exact) mass is 376 g/mol. The van der Waals surface area contributed by atoms with Crippen LogP contribution in [0.1, 0.15) is 10.4 Å². The van der Waals surface area contributed by atoms with E-state index in [9.17, 15) is 18.0 Å². The number of halogens is 1. The lowest BCUT2D eigenvalue weighted by atomic mass is 10.2. The maximum atomic E-state index is 12.1. The molecule has 1 aromatic carbocycles. The van der Waals surface area contributed by atoms with Crippen molar-refractivity contribution >= 4 is 33.5 Å². The lowest BCUT2D eigenvalue weighted by Crippen LogP contribution is -2.44. The van der Waals surface area contributed by atoms with Crippen LogP contribution in [0.5, 0.6) is 0 Å². The number of rotatable bonds is 8. The third-order valence-corrected chi connectivity index (χ3v) is 4.78. The van der Waals surface area contributed by atoms with Gasteiger partial charge in [0.25, 0.3) is 5.91 Å². The molecule has 0 aliphatic carbocycles. The first-order valence-electron chi connectivity index (χ1n) is 6.66. The van der Waals surface area contributed by atoms with Gasteiger partial charge in [0.2, 0.25) is 10.0 Å². The molecule has 8 nitrogen and oxygen atoms in total. The largest absolute Gasteiger partial charge is 0.467 e. The summed E-state index contributed by atoms with van der Waals surface area (Å²) in [6, 6.07) is 2.33. The van der Waals surface area contributed by atoms with Crippen LogP contribution in [0.3, 0.4) is 0 Å². The quantitative estimate of drug-likeness (QED) is 0.436. The first kappa shape index (κ1) is 20.1. The van der Waals surface area contributed by atoms with Gasteiger partial charge in [0.1, 0.15) is 4.90 Å². The zero-order chi connectivity index (χ0) is 18.3. The molecular formula is C14H17ClN2O6S.